The molecule has 0 aliphatic heterocycles. The molecule has 6 heteroatoms. The van der Waals surface area contributed by atoms with Gasteiger partial charge in [0.1, 0.15) is 17.3 Å². The minimum atomic E-state index is -4.03. The average Bonchev–Trinajstić information content (AvgIpc) is 2.56. The molecule has 0 fully saturated rings. The predicted octanol–water partition coefficient (Wildman–Crippen LogP) is 4.89. The Hall–Kier alpha value is -1.95. The summed E-state index contributed by atoms with van der Waals surface area (Å²) in [6, 6.07) is 9.55. The summed E-state index contributed by atoms with van der Waals surface area (Å²) >= 11 is 0. The Morgan fingerprint density at radius 1 is 0.917 bits per heavy atom. The fourth-order valence-corrected chi connectivity index (χ4v) is 3.46. The lowest BCUT2D eigenvalue weighted by Gasteiger charge is -2.10. The summed E-state index contributed by atoms with van der Waals surface area (Å²) in [5.41, 5.74) is 0.378. The molecule has 2 rings (SSSR count). The van der Waals surface area contributed by atoms with Gasteiger partial charge in [-0.1, -0.05) is 44.4 Å². The maximum Gasteiger partial charge on any atom is 0.262 e. The second-order valence-corrected chi connectivity index (χ2v) is 7.34. The zero-order valence-corrected chi connectivity index (χ0v) is 14.4. The Morgan fingerprint density at radius 3 is 2.12 bits per heavy atom. The van der Waals surface area contributed by atoms with Crippen LogP contribution >= 0.6 is 0 Å². The molecule has 24 heavy (non-hydrogen) atoms. The van der Waals surface area contributed by atoms with Crippen LogP contribution < -0.4 is 4.72 Å². The molecule has 0 unspecified atom stereocenters. The van der Waals surface area contributed by atoms with E-state index in [2.05, 4.69) is 6.92 Å². The van der Waals surface area contributed by atoms with Crippen LogP contribution in [0.25, 0.3) is 0 Å². The normalized spacial score (nSPS) is 11.5. The van der Waals surface area contributed by atoms with Crippen LogP contribution in [-0.4, -0.2) is 8.42 Å². The van der Waals surface area contributed by atoms with Gasteiger partial charge in [0.05, 0.1) is 4.90 Å². The topological polar surface area (TPSA) is 46.2 Å². The summed E-state index contributed by atoms with van der Waals surface area (Å²) in [4.78, 5) is -0.0255. The van der Waals surface area contributed by atoms with Gasteiger partial charge in [-0.3, -0.25) is 4.72 Å². The van der Waals surface area contributed by atoms with E-state index in [1.165, 1.54) is 24.6 Å². The van der Waals surface area contributed by atoms with Gasteiger partial charge in [-0.15, -0.1) is 0 Å². The van der Waals surface area contributed by atoms with Crippen LogP contribution in [0, 0.1) is 11.6 Å². The van der Waals surface area contributed by atoms with Gasteiger partial charge in [0.15, 0.2) is 0 Å². The van der Waals surface area contributed by atoms with Crippen LogP contribution in [-0.2, 0) is 16.4 Å². The number of hydrogen-bond donors (Lipinski definition) is 1. The minimum absolute atomic E-state index is 0.0255. The molecule has 0 bridgehead atoms. The lowest BCUT2D eigenvalue weighted by molar-refractivity contribution is 0.583. The lowest BCUT2D eigenvalue weighted by atomic mass is 10.1. The van der Waals surface area contributed by atoms with Crippen LogP contribution in [0.3, 0.4) is 0 Å². The predicted molar refractivity (Wildman–Crippen MR) is 91.5 cm³/mol. The number of rotatable bonds is 8. The van der Waals surface area contributed by atoms with E-state index in [0.717, 1.165) is 43.4 Å². The van der Waals surface area contributed by atoms with E-state index >= 15 is 0 Å². The maximum absolute atomic E-state index is 13.6. The van der Waals surface area contributed by atoms with Crippen molar-refractivity contribution in [2.75, 3.05) is 4.72 Å². The molecule has 0 spiro atoms. The number of anilines is 1. The highest BCUT2D eigenvalue weighted by molar-refractivity contribution is 7.92. The van der Waals surface area contributed by atoms with E-state index < -0.39 is 27.3 Å². The first-order chi connectivity index (χ1) is 11.4. The third-order valence-electron chi connectivity index (χ3n) is 3.75. The van der Waals surface area contributed by atoms with Crippen molar-refractivity contribution in [3.63, 3.8) is 0 Å². The number of hydrogen-bond acceptors (Lipinski definition) is 2. The highest BCUT2D eigenvalue weighted by atomic mass is 32.2. The third kappa shape index (κ3) is 4.77. The smallest absolute Gasteiger partial charge is 0.262 e. The number of para-hydroxylation sites is 1. The summed E-state index contributed by atoms with van der Waals surface area (Å²) < 4.78 is 53.7. The molecule has 0 atom stereocenters. The highest BCUT2D eigenvalue weighted by Gasteiger charge is 2.18. The number of benzene rings is 2. The first-order valence-corrected chi connectivity index (χ1v) is 9.48. The van der Waals surface area contributed by atoms with Crippen LogP contribution in [0.15, 0.2) is 47.4 Å². The molecule has 0 aliphatic carbocycles. The van der Waals surface area contributed by atoms with E-state index in [-0.39, 0.29) is 4.90 Å². The molecule has 1 N–H and O–H groups in total. The second-order valence-electron chi connectivity index (χ2n) is 5.66. The van der Waals surface area contributed by atoms with Crippen molar-refractivity contribution in [2.24, 2.45) is 0 Å². The van der Waals surface area contributed by atoms with Gasteiger partial charge in [-0.05, 0) is 42.7 Å². The summed E-state index contributed by atoms with van der Waals surface area (Å²) in [6.07, 6.45) is 5.43. The van der Waals surface area contributed by atoms with Gasteiger partial charge in [-0.2, -0.15) is 0 Å². The van der Waals surface area contributed by atoms with Gasteiger partial charge in [-0.25, -0.2) is 17.2 Å². The fraction of sp³-hybridized carbons (Fsp3) is 0.333. The van der Waals surface area contributed by atoms with E-state index in [4.69, 9.17) is 0 Å². The average molecular weight is 353 g/mol. The van der Waals surface area contributed by atoms with E-state index in [1.54, 1.807) is 12.1 Å². The van der Waals surface area contributed by atoms with E-state index in [1.807, 2.05) is 4.72 Å². The molecule has 0 heterocycles. The van der Waals surface area contributed by atoms with Crippen molar-refractivity contribution in [1.29, 1.82) is 0 Å². The van der Waals surface area contributed by atoms with Crippen molar-refractivity contribution in [3.05, 3.63) is 59.7 Å². The molecule has 0 radical (unpaired) electrons. The minimum Gasteiger partial charge on any atom is -0.274 e. The lowest BCUT2D eigenvalue weighted by Crippen LogP contribution is -2.15. The Labute approximate surface area is 141 Å². The first-order valence-electron chi connectivity index (χ1n) is 8.00. The number of aryl methyl sites for hydroxylation is 1. The Kier molecular flexibility index (Phi) is 6.31. The summed E-state index contributed by atoms with van der Waals surface area (Å²) in [7, 11) is -4.03. The molecular formula is C18H21F2NO2S. The largest absolute Gasteiger partial charge is 0.274 e. The van der Waals surface area contributed by atoms with Crippen molar-refractivity contribution in [2.45, 2.75) is 43.9 Å². The zero-order valence-electron chi connectivity index (χ0n) is 13.6. The molecule has 0 amide bonds. The standard InChI is InChI=1S/C18H21F2NO2S/c1-2-3-4-5-7-14-10-12-15(13-11-14)24(22,23)21-18-16(19)8-6-9-17(18)20/h6,8-13,21H,2-5,7H2,1H3. The Balaban J connectivity index is 2.09. The number of sulfonamides is 1. The van der Waals surface area contributed by atoms with Crippen molar-refractivity contribution >= 4 is 15.7 Å². The van der Waals surface area contributed by atoms with Crippen LogP contribution in [0.1, 0.15) is 38.2 Å². The highest BCUT2D eigenvalue weighted by Crippen LogP contribution is 2.22. The number of unbranched alkanes of at least 4 members (excludes halogenated alkanes) is 3. The fourth-order valence-electron chi connectivity index (χ4n) is 2.38. The Morgan fingerprint density at radius 2 is 1.54 bits per heavy atom. The molecule has 2 aromatic rings. The number of nitrogens with one attached hydrogen (secondary N) is 1. The monoisotopic (exact) mass is 353 g/mol. The molecular weight excluding hydrogens is 332 g/mol. The van der Waals surface area contributed by atoms with Gasteiger partial charge >= 0.3 is 0 Å². The van der Waals surface area contributed by atoms with Gasteiger partial charge in [0.2, 0.25) is 0 Å². The zero-order chi connectivity index (χ0) is 17.6. The van der Waals surface area contributed by atoms with Gasteiger partial charge in [0, 0.05) is 0 Å². The molecule has 0 saturated heterocycles. The van der Waals surface area contributed by atoms with Crippen LogP contribution in [0.5, 0.6) is 0 Å². The molecule has 130 valence electrons. The second kappa shape index (κ2) is 8.24. The maximum atomic E-state index is 13.6. The molecule has 0 saturated carbocycles. The van der Waals surface area contributed by atoms with Gasteiger partial charge < -0.3 is 0 Å². The van der Waals surface area contributed by atoms with Crippen molar-refractivity contribution in [3.8, 4) is 0 Å². The van der Waals surface area contributed by atoms with Crippen LogP contribution in [0.2, 0.25) is 0 Å². The van der Waals surface area contributed by atoms with E-state index in [9.17, 15) is 17.2 Å². The molecule has 0 aliphatic rings. The summed E-state index contributed by atoms with van der Waals surface area (Å²) in [5.74, 6) is -1.91. The Bertz CT molecular complexity index is 754. The summed E-state index contributed by atoms with van der Waals surface area (Å²) in [6.45, 7) is 2.14. The van der Waals surface area contributed by atoms with Gasteiger partial charge in [0.25, 0.3) is 10.0 Å². The first kappa shape index (κ1) is 18.4. The number of halogens is 2. The molecule has 2 aromatic carbocycles. The van der Waals surface area contributed by atoms with Crippen LogP contribution in [0.4, 0.5) is 14.5 Å². The third-order valence-corrected chi connectivity index (χ3v) is 5.12. The molecule has 3 nitrogen and oxygen atoms in total. The SMILES string of the molecule is CCCCCCc1ccc(S(=O)(=O)Nc2c(F)cccc2F)cc1. The summed E-state index contributed by atoms with van der Waals surface area (Å²) in [5, 5.41) is 0. The quantitative estimate of drug-likeness (QED) is 0.687. The van der Waals surface area contributed by atoms with Crippen molar-refractivity contribution < 1.29 is 17.2 Å². The van der Waals surface area contributed by atoms with Crippen molar-refractivity contribution in [1.82, 2.24) is 0 Å². The molecule has 0 aromatic heterocycles. The van der Waals surface area contributed by atoms with E-state index in [0.29, 0.717) is 0 Å².